The van der Waals surface area contributed by atoms with Crippen molar-refractivity contribution in [1.82, 2.24) is 10.6 Å². The molecule has 1 aliphatic rings. The van der Waals surface area contributed by atoms with Gasteiger partial charge in [-0.3, -0.25) is 4.79 Å². The number of benzene rings is 1. The quantitative estimate of drug-likeness (QED) is 0.728. The highest BCUT2D eigenvalue weighted by molar-refractivity contribution is 5.85. The van der Waals surface area contributed by atoms with Crippen LogP contribution in [0.4, 0.5) is 4.39 Å². The molecule has 0 bridgehead atoms. The number of carbonyl (C=O) groups excluding carboxylic acids is 1. The number of carbonyl (C=O) groups is 1. The van der Waals surface area contributed by atoms with Crippen molar-refractivity contribution in [2.24, 2.45) is 5.41 Å². The Morgan fingerprint density at radius 2 is 2.09 bits per heavy atom. The number of hydrogen-bond acceptors (Lipinski definition) is 4. The molecule has 2 rings (SSSR count). The summed E-state index contributed by atoms with van der Waals surface area (Å²) in [4.78, 5) is 12.5. The second kappa shape index (κ2) is 9.17. The van der Waals surface area contributed by atoms with Crippen molar-refractivity contribution in [1.29, 1.82) is 0 Å². The molecule has 1 aromatic rings. The number of ether oxygens (including phenoxy) is 1. The van der Waals surface area contributed by atoms with Crippen molar-refractivity contribution in [2.75, 3.05) is 33.4 Å². The monoisotopic (exact) mass is 346 g/mol. The Morgan fingerprint density at radius 3 is 2.70 bits per heavy atom. The van der Waals surface area contributed by atoms with Crippen LogP contribution in [0.3, 0.4) is 0 Å². The molecule has 1 fully saturated rings. The average molecular weight is 347 g/mol. The maximum absolute atomic E-state index is 13.6. The summed E-state index contributed by atoms with van der Waals surface area (Å²) >= 11 is 0. The van der Waals surface area contributed by atoms with Gasteiger partial charge in [-0.25, -0.2) is 4.39 Å². The Bertz CT molecular complexity index is 504. The summed E-state index contributed by atoms with van der Waals surface area (Å²) in [5.41, 5.74) is -0.386. The first-order valence-corrected chi connectivity index (χ1v) is 7.49. The second-order valence-electron chi connectivity index (χ2n) is 5.71. The minimum absolute atomic E-state index is 0. The molecule has 3 N–H and O–H groups in total. The fourth-order valence-electron chi connectivity index (χ4n) is 2.85. The fourth-order valence-corrected chi connectivity index (χ4v) is 2.85. The highest BCUT2D eigenvalue weighted by Gasteiger charge is 2.39. The molecule has 0 radical (unpaired) electrons. The number of methoxy groups -OCH3 is 1. The van der Waals surface area contributed by atoms with E-state index in [4.69, 9.17) is 4.74 Å². The van der Waals surface area contributed by atoms with Gasteiger partial charge < -0.3 is 20.5 Å². The molecule has 5 nitrogen and oxygen atoms in total. The Morgan fingerprint density at radius 1 is 1.43 bits per heavy atom. The second-order valence-corrected chi connectivity index (χ2v) is 5.71. The lowest BCUT2D eigenvalue weighted by molar-refractivity contribution is -0.136. The molecule has 7 heteroatoms. The van der Waals surface area contributed by atoms with E-state index in [2.05, 4.69) is 10.6 Å². The summed E-state index contributed by atoms with van der Waals surface area (Å²) < 4.78 is 18.8. The van der Waals surface area contributed by atoms with Gasteiger partial charge in [0.05, 0.1) is 18.1 Å². The van der Waals surface area contributed by atoms with Crippen LogP contribution in [0, 0.1) is 11.2 Å². The standard InChI is InChI=1S/C16H23FN2O3.ClH/c1-22-11-16(6-8-18-9-7-16)15(21)19-10-14(20)12-4-2-3-5-13(12)17;/h2-5,14,18,20H,6-11H2,1H3,(H,19,21);1H. The molecule has 1 aromatic carbocycles. The van der Waals surface area contributed by atoms with Gasteiger partial charge in [0.15, 0.2) is 0 Å². The molecule has 1 unspecified atom stereocenters. The van der Waals surface area contributed by atoms with Crippen molar-refractivity contribution in [2.45, 2.75) is 18.9 Å². The number of amides is 1. The number of rotatable bonds is 6. The predicted molar refractivity (Wildman–Crippen MR) is 88.0 cm³/mol. The van der Waals surface area contributed by atoms with Gasteiger partial charge in [0.2, 0.25) is 5.91 Å². The average Bonchev–Trinajstić information content (AvgIpc) is 2.54. The summed E-state index contributed by atoms with van der Waals surface area (Å²) in [6, 6.07) is 6.02. The minimum atomic E-state index is -1.06. The van der Waals surface area contributed by atoms with Gasteiger partial charge in [0, 0.05) is 19.2 Å². The molecular formula is C16H24ClFN2O3. The molecule has 0 aliphatic carbocycles. The van der Waals surface area contributed by atoms with Crippen LogP contribution >= 0.6 is 12.4 Å². The van der Waals surface area contributed by atoms with Crippen molar-refractivity contribution < 1.29 is 19.0 Å². The topological polar surface area (TPSA) is 70.6 Å². The zero-order valence-corrected chi connectivity index (χ0v) is 14.0. The van der Waals surface area contributed by atoms with E-state index in [0.717, 1.165) is 13.1 Å². The first kappa shape index (κ1) is 19.8. The van der Waals surface area contributed by atoms with E-state index in [1.54, 1.807) is 19.2 Å². The maximum atomic E-state index is 13.6. The van der Waals surface area contributed by atoms with Gasteiger partial charge >= 0.3 is 0 Å². The summed E-state index contributed by atoms with van der Waals surface area (Å²) in [7, 11) is 1.57. The highest BCUT2D eigenvalue weighted by Crippen LogP contribution is 2.29. The number of hydrogen-bond donors (Lipinski definition) is 3. The van der Waals surface area contributed by atoms with Gasteiger partial charge in [-0.15, -0.1) is 12.4 Å². The molecular weight excluding hydrogens is 323 g/mol. The van der Waals surface area contributed by atoms with E-state index in [1.807, 2.05) is 0 Å². The number of nitrogens with one attached hydrogen (secondary N) is 2. The van der Waals surface area contributed by atoms with Gasteiger partial charge in [-0.2, -0.15) is 0 Å². The first-order valence-electron chi connectivity index (χ1n) is 7.49. The van der Waals surface area contributed by atoms with Gasteiger partial charge in [0.25, 0.3) is 0 Å². The number of aliphatic hydroxyl groups excluding tert-OH is 1. The van der Waals surface area contributed by atoms with E-state index in [0.29, 0.717) is 19.4 Å². The molecule has 23 heavy (non-hydrogen) atoms. The van der Waals surface area contributed by atoms with Crippen molar-refractivity contribution in [3.63, 3.8) is 0 Å². The highest BCUT2D eigenvalue weighted by atomic mass is 35.5. The van der Waals surface area contributed by atoms with E-state index in [1.165, 1.54) is 12.1 Å². The van der Waals surface area contributed by atoms with Crippen LogP contribution in [0.1, 0.15) is 24.5 Å². The number of halogens is 2. The zero-order chi connectivity index (χ0) is 16.0. The lowest BCUT2D eigenvalue weighted by atomic mass is 9.78. The maximum Gasteiger partial charge on any atom is 0.228 e. The molecule has 1 heterocycles. The van der Waals surface area contributed by atoms with Gasteiger partial charge in [-0.05, 0) is 32.0 Å². The molecule has 1 aliphatic heterocycles. The van der Waals surface area contributed by atoms with E-state index in [-0.39, 0.29) is 30.4 Å². The van der Waals surface area contributed by atoms with Crippen LogP contribution in [0.15, 0.2) is 24.3 Å². The molecule has 1 atom stereocenters. The number of piperidine rings is 1. The van der Waals surface area contributed by atoms with Gasteiger partial charge in [0.1, 0.15) is 5.82 Å². The van der Waals surface area contributed by atoms with Crippen LogP contribution in [-0.4, -0.2) is 44.4 Å². The molecule has 0 spiro atoms. The minimum Gasteiger partial charge on any atom is -0.386 e. The van der Waals surface area contributed by atoms with E-state index >= 15 is 0 Å². The fraction of sp³-hybridized carbons (Fsp3) is 0.562. The SMILES string of the molecule is COCC1(C(=O)NCC(O)c2ccccc2F)CCNCC1.Cl. The van der Waals surface area contributed by atoms with Crippen molar-refractivity contribution in [3.05, 3.63) is 35.6 Å². The third-order valence-corrected chi connectivity index (χ3v) is 4.18. The summed E-state index contributed by atoms with van der Waals surface area (Å²) in [6.07, 6.45) is 0.303. The summed E-state index contributed by atoms with van der Waals surface area (Å²) in [6.45, 7) is 1.84. The molecule has 130 valence electrons. The molecule has 0 aromatic heterocycles. The summed E-state index contributed by atoms with van der Waals surface area (Å²) in [5.74, 6) is -0.621. The Labute approximate surface area is 142 Å². The largest absolute Gasteiger partial charge is 0.386 e. The Kier molecular flexibility index (Phi) is 7.91. The lowest BCUT2D eigenvalue weighted by Crippen LogP contribution is -2.50. The van der Waals surface area contributed by atoms with Crippen LogP contribution in [0.5, 0.6) is 0 Å². The molecule has 1 amide bonds. The third-order valence-electron chi connectivity index (χ3n) is 4.18. The number of aliphatic hydroxyl groups is 1. The van der Waals surface area contributed by atoms with Crippen LogP contribution in [0.25, 0.3) is 0 Å². The Hall–Kier alpha value is -1.21. The lowest BCUT2D eigenvalue weighted by Gasteiger charge is -2.35. The molecule has 1 saturated heterocycles. The predicted octanol–water partition coefficient (Wildman–Crippen LogP) is 1.41. The zero-order valence-electron chi connectivity index (χ0n) is 13.2. The smallest absolute Gasteiger partial charge is 0.228 e. The normalized spacial score (nSPS) is 17.9. The Balaban J connectivity index is 0.00000264. The van der Waals surface area contributed by atoms with Crippen LogP contribution in [0.2, 0.25) is 0 Å². The molecule has 0 saturated carbocycles. The van der Waals surface area contributed by atoms with Crippen molar-refractivity contribution >= 4 is 18.3 Å². The van der Waals surface area contributed by atoms with Crippen LogP contribution < -0.4 is 10.6 Å². The van der Waals surface area contributed by atoms with Gasteiger partial charge in [-0.1, -0.05) is 18.2 Å². The summed E-state index contributed by atoms with van der Waals surface area (Å²) in [5, 5.41) is 16.0. The van der Waals surface area contributed by atoms with Crippen LogP contribution in [-0.2, 0) is 9.53 Å². The first-order chi connectivity index (χ1) is 10.6. The van der Waals surface area contributed by atoms with E-state index < -0.39 is 17.3 Å². The third kappa shape index (κ3) is 4.88. The van der Waals surface area contributed by atoms with Crippen molar-refractivity contribution in [3.8, 4) is 0 Å². The van der Waals surface area contributed by atoms with E-state index in [9.17, 15) is 14.3 Å².